The molecule has 144 valence electrons. The first kappa shape index (κ1) is 20.4. The van der Waals surface area contributed by atoms with Gasteiger partial charge in [0.05, 0.1) is 12.6 Å². The van der Waals surface area contributed by atoms with Gasteiger partial charge in [0.25, 0.3) is 0 Å². The summed E-state index contributed by atoms with van der Waals surface area (Å²) in [5.74, 6) is 1.02. The summed E-state index contributed by atoms with van der Waals surface area (Å²) in [6, 6.07) is 7.58. The molecule has 1 aromatic rings. The second kappa shape index (κ2) is 9.17. The molecular weight excluding hydrogens is 326 g/mol. The monoisotopic (exact) mass is 359 g/mol. The van der Waals surface area contributed by atoms with E-state index in [4.69, 9.17) is 0 Å². The van der Waals surface area contributed by atoms with E-state index in [9.17, 15) is 9.59 Å². The Bertz CT molecular complexity index is 614. The third-order valence-corrected chi connectivity index (χ3v) is 5.80. The quantitative estimate of drug-likeness (QED) is 0.820. The van der Waals surface area contributed by atoms with E-state index in [2.05, 4.69) is 24.5 Å². The molecule has 0 unspecified atom stereocenters. The van der Waals surface area contributed by atoms with Crippen LogP contribution in [0, 0.1) is 18.8 Å². The van der Waals surface area contributed by atoms with E-state index in [0.29, 0.717) is 11.8 Å². The van der Waals surface area contributed by atoms with E-state index in [0.717, 1.165) is 17.7 Å². The standard InChI is InChI=1S/C21H33N3O2/c1-14-9-11-18(12-10-14)22-20(25)13-24(5)17(4)21(26)23-19-8-6-7-15(2)16(19)3/h9-12,15-17,19H,6-8,13H2,1-5H3,(H,22,25)(H,23,26)/t15-,16-,17-,19+/m0/s1. The zero-order chi connectivity index (χ0) is 19.3. The Hall–Kier alpha value is -1.88. The Labute approximate surface area is 157 Å². The Morgan fingerprint density at radius 2 is 1.85 bits per heavy atom. The molecule has 0 saturated heterocycles. The van der Waals surface area contributed by atoms with Gasteiger partial charge in [-0.25, -0.2) is 0 Å². The minimum Gasteiger partial charge on any atom is -0.352 e. The highest BCUT2D eigenvalue weighted by Gasteiger charge is 2.30. The van der Waals surface area contributed by atoms with Gasteiger partial charge in [0.2, 0.25) is 11.8 Å². The van der Waals surface area contributed by atoms with Crippen LogP contribution in [-0.2, 0) is 9.59 Å². The Morgan fingerprint density at radius 3 is 2.50 bits per heavy atom. The molecule has 2 N–H and O–H groups in total. The number of likely N-dealkylation sites (N-methyl/N-ethyl adjacent to an activating group) is 1. The number of carbonyl (C=O) groups is 2. The average molecular weight is 360 g/mol. The zero-order valence-electron chi connectivity index (χ0n) is 16.7. The summed E-state index contributed by atoms with van der Waals surface area (Å²) in [7, 11) is 1.81. The van der Waals surface area contributed by atoms with Crippen molar-refractivity contribution in [2.24, 2.45) is 11.8 Å². The number of amides is 2. The topological polar surface area (TPSA) is 61.4 Å². The molecule has 0 bridgehead atoms. The predicted octanol–water partition coefficient (Wildman–Crippen LogP) is 3.19. The predicted molar refractivity (Wildman–Crippen MR) is 106 cm³/mol. The van der Waals surface area contributed by atoms with Gasteiger partial charge in [-0.2, -0.15) is 0 Å². The van der Waals surface area contributed by atoms with E-state index in [1.807, 2.05) is 45.2 Å². The SMILES string of the molecule is Cc1ccc(NC(=O)CN(C)[C@@H](C)C(=O)N[C@@H]2CCC[C@H](C)[C@@H]2C)cc1. The van der Waals surface area contributed by atoms with Crippen molar-refractivity contribution in [1.29, 1.82) is 0 Å². The van der Waals surface area contributed by atoms with Crippen LogP contribution >= 0.6 is 0 Å². The van der Waals surface area contributed by atoms with Crippen LogP contribution in [0.3, 0.4) is 0 Å². The fourth-order valence-corrected chi connectivity index (χ4v) is 3.49. The third kappa shape index (κ3) is 5.56. The first-order chi connectivity index (χ1) is 12.3. The van der Waals surface area contributed by atoms with Crippen molar-refractivity contribution < 1.29 is 9.59 Å². The lowest BCUT2D eigenvalue weighted by Crippen LogP contribution is -2.51. The second-order valence-electron chi connectivity index (χ2n) is 7.89. The number of hydrogen-bond acceptors (Lipinski definition) is 3. The van der Waals surface area contributed by atoms with Gasteiger partial charge >= 0.3 is 0 Å². The lowest BCUT2D eigenvalue weighted by molar-refractivity contribution is -0.127. The maximum Gasteiger partial charge on any atom is 0.238 e. The Balaban J connectivity index is 1.83. The third-order valence-electron chi connectivity index (χ3n) is 5.80. The fraction of sp³-hybridized carbons (Fsp3) is 0.619. The summed E-state index contributed by atoms with van der Waals surface area (Å²) in [5, 5.41) is 6.07. The lowest BCUT2D eigenvalue weighted by atomic mass is 9.78. The van der Waals surface area contributed by atoms with Crippen molar-refractivity contribution in [3.8, 4) is 0 Å². The molecule has 2 amide bonds. The highest BCUT2D eigenvalue weighted by molar-refractivity contribution is 5.92. The minimum atomic E-state index is -0.344. The first-order valence-corrected chi connectivity index (χ1v) is 9.65. The molecule has 26 heavy (non-hydrogen) atoms. The van der Waals surface area contributed by atoms with Crippen LogP contribution in [0.1, 0.15) is 45.6 Å². The van der Waals surface area contributed by atoms with Crippen LogP contribution in [-0.4, -0.2) is 42.4 Å². The molecule has 0 aliphatic heterocycles. The van der Waals surface area contributed by atoms with Gasteiger partial charge in [0.15, 0.2) is 0 Å². The number of anilines is 1. The molecule has 0 heterocycles. The molecule has 5 nitrogen and oxygen atoms in total. The molecule has 2 rings (SSSR count). The van der Waals surface area contributed by atoms with Gasteiger partial charge in [-0.3, -0.25) is 14.5 Å². The number of benzene rings is 1. The van der Waals surface area contributed by atoms with Crippen LogP contribution < -0.4 is 10.6 Å². The van der Waals surface area contributed by atoms with E-state index in [1.54, 1.807) is 4.90 Å². The van der Waals surface area contributed by atoms with Crippen molar-refractivity contribution in [1.82, 2.24) is 10.2 Å². The van der Waals surface area contributed by atoms with Gasteiger partial charge < -0.3 is 10.6 Å². The first-order valence-electron chi connectivity index (χ1n) is 9.65. The van der Waals surface area contributed by atoms with Crippen molar-refractivity contribution >= 4 is 17.5 Å². The summed E-state index contributed by atoms with van der Waals surface area (Å²) in [6.45, 7) is 8.52. The summed E-state index contributed by atoms with van der Waals surface area (Å²) in [6.07, 6.45) is 3.45. The summed E-state index contributed by atoms with van der Waals surface area (Å²) >= 11 is 0. The highest BCUT2D eigenvalue weighted by atomic mass is 16.2. The highest BCUT2D eigenvalue weighted by Crippen LogP contribution is 2.29. The summed E-state index contributed by atoms with van der Waals surface area (Å²) in [5.41, 5.74) is 1.92. The number of aryl methyl sites for hydroxylation is 1. The average Bonchev–Trinajstić information content (AvgIpc) is 2.60. The molecule has 4 atom stereocenters. The number of hydrogen-bond donors (Lipinski definition) is 2. The fourth-order valence-electron chi connectivity index (χ4n) is 3.49. The summed E-state index contributed by atoms with van der Waals surface area (Å²) in [4.78, 5) is 26.6. The Morgan fingerprint density at radius 1 is 1.19 bits per heavy atom. The van der Waals surface area contributed by atoms with Crippen molar-refractivity contribution in [2.75, 3.05) is 18.9 Å². The molecule has 1 saturated carbocycles. The largest absolute Gasteiger partial charge is 0.352 e. The van der Waals surface area contributed by atoms with Crippen molar-refractivity contribution in [3.05, 3.63) is 29.8 Å². The van der Waals surface area contributed by atoms with Gasteiger partial charge in [0.1, 0.15) is 0 Å². The number of nitrogens with zero attached hydrogens (tertiary/aromatic N) is 1. The van der Waals surface area contributed by atoms with Crippen LogP contribution in [0.4, 0.5) is 5.69 Å². The number of rotatable bonds is 6. The molecule has 0 spiro atoms. The van der Waals surface area contributed by atoms with E-state index in [-0.39, 0.29) is 30.4 Å². The molecule has 1 aromatic carbocycles. The van der Waals surface area contributed by atoms with Crippen LogP contribution in [0.25, 0.3) is 0 Å². The van der Waals surface area contributed by atoms with Crippen molar-refractivity contribution in [3.63, 3.8) is 0 Å². The maximum absolute atomic E-state index is 12.6. The normalized spacial score (nSPS) is 24.2. The molecule has 0 radical (unpaired) electrons. The van der Waals surface area contributed by atoms with Gasteiger partial charge in [-0.15, -0.1) is 0 Å². The van der Waals surface area contributed by atoms with Crippen LogP contribution in [0.5, 0.6) is 0 Å². The molecule has 5 heteroatoms. The maximum atomic E-state index is 12.6. The van der Waals surface area contributed by atoms with Gasteiger partial charge in [0, 0.05) is 11.7 Å². The van der Waals surface area contributed by atoms with Crippen molar-refractivity contribution in [2.45, 2.75) is 59.0 Å². The van der Waals surface area contributed by atoms with Crippen LogP contribution in [0.2, 0.25) is 0 Å². The van der Waals surface area contributed by atoms with Gasteiger partial charge in [-0.05, 0) is 51.3 Å². The summed E-state index contributed by atoms with van der Waals surface area (Å²) < 4.78 is 0. The number of carbonyl (C=O) groups excluding carboxylic acids is 2. The van der Waals surface area contributed by atoms with E-state index >= 15 is 0 Å². The van der Waals surface area contributed by atoms with Gasteiger partial charge in [-0.1, -0.05) is 44.4 Å². The van der Waals surface area contributed by atoms with Crippen LogP contribution in [0.15, 0.2) is 24.3 Å². The lowest BCUT2D eigenvalue weighted by Gasteiger charge is -2.36. The smallest absolute Gasteiger partial charge is 0.238 e. The number of nitrogens with one attached hydrogen (secondary N) is 2. The Kier molecular flexibility index (Phi) is 7.21. The zero-order valence-corrected chi connectivity index (χ0v) is 16.7. The molecular formula is C21H33N3O2. The molecule has 1 aliphatic rings. The van der Waals surface area contributed by atoms with E-state index in [1.165, 1.54) is 12.8 Å². The molecule has 0 aromatic heterocycles. The second-order valence-corrected chi connectivity index (χ2v) is 7.89. The van der Waals surface area contributed by atoms with E-state index < -0.39 is 0 Å². The molecule has 1 fully saturated rings. The molecule has 1 aliphatic carbocycles. The minimum absolute atomic E-state index is 0.00147.